The number of pyridine rings is 1. The van der Waals surface area contributed by atoms with E-state index in [1.165, 1.54) is 5.39 Å². The second-order valence-electron chi connectivity index (χ2n) is 7.32. The Balaban J connectivity index is 1.27. The summed E-state index contributed by atoms with van der Waals surface area (Å²) in [6.07, 6.45) is 5.75. The number of hydrogen-bond donors (Lipinski definition) is 1. The minimum absolute atomic E-state index is 0.0681. The van der Waals surface area contributed by atoms with Crippen LogP contribution >= 0.6 is 11.8 Å². The average molecular weight is 418 g/mol. The lowest BCUT2D eigenvalue weighted by Gasteiger charge is -2.33. The van der Waals surface area contributed by atoms with Crippen molar-refractivity contribution in [1.82, 2.24) is 9.88 Å². The minimum Gasteiger partial charge on any atom is -0.382 e. The van der Waals surface area contributed by atoms with Gasteiger partial charge in [0.25, 0.3) is 0 Å². The number of piperidine rings is 1. The number of halogens is 3. The molecule has 0 atom stereocenters. The summed E-state index contributed by atoms with van der Waals surface area (Å²) in [5.41, 5.74) is -2.07. The number of alkyl halides is 3. The summed E-state index contributed by atoms with van der Waals surface area (Å²) in [6.45, 7) is 2.70. The molecule has 0 radical (unpaired) electrons. The SMILES string of the molecule is FC(F)(F)Sc1ccc(CN2CCC(Nc3ccc4cnccc4c3)CC2)cc1. The molecule has 0 bridgehead atoms. The molecule has 2 aromatic carbocycles. The van der Waals surface area contributed by atoms with E-state index in [-0.39, 0.29) is 16.7 Å². The molecular formula is C22H22F3N3S. The molecule has 0 aliphatic carbocycles. The molecule has 2 heterocycles. The molecule has 29 heavy (non-hydrogen) atoms. The van der Waals surface area contributed by atoms with E-state index in [0.29, 0.717) is 6.04 Å². The Bertz CT molecular complexity index is 951. The van der Waals surface area contributed by atoms with Crippen LogP contribution in [0.1, 0.15) is 18.4 Å². The summed E-state index contributed by atoms with van der Waals surface area (Å²) in [5.74, 6) is 0. The van der Waals surface area contributed by atoms with E-state index in [1.54, 1.807) is 30.5 Å². The van der Waals surface area contributed by atoms with Crippen LogP contribution in [0.5, 0.6) is 0 Å². The van der Waals surface area contributed by atoms with E-state index >= 15 is 0 Å². The van der Waals surface area contributed by atoms with Crippen molar-refractivity contribution in [2.45, 2.75) is 35.8 Å². The lowest BCUT2D eigenvalue weighted by atomic mass is 10.0. The number of nitrogens with zero attached hydrogens (tertiary/aromatic N) is 2. The van der Waals surface area contributed by atoms with E-state index < -0.39 is 5.51 Å². The number of benzene rings is 2. The molecule has 0 amide bonds. The highest BCUT2D eigenvalue weighted by Gasteiger charge is 2.29. The van der Waals surface area contributed by atoms with E-state index in [2.05, 4.69) is 33.4 Å². The molecule has 1 aliphatic rings. The highest BCUT2D eigenvalue weighted by Crippen LogP contribution is 2.36. The monoisotopic (exact) mass is 417 g/mol. The van der Waals surface area contributed by atoms with Gasteiger partial charge in [-0.25, -0.2) is 0 Å². The van der Waals surface area contributed by atoms with E-state index in [9.17, 15) is 13.2 Å². The van der Waals surface area contributed by atoms with Gasteiger partial charge in [-0.3, -0.25) is 9.88 Å². The fraction of sp³-hybridized carbons (Fsp3) is 0.318. The Hall–Kier alpha value is -2.25. The molecule has 4 rings (SSSR count). The largest absolute Gasteiger partial charge is 0.446 e. The summed E-state index contributed by atoms with van der Waals surface area (Å²) in [4.78, 5) is 6.73. The number of thioether (sulfide) groups is 1. The predicted molar refractivity (Wildman–Crippen MR) is 112 cm³/mol. The van der Waals surface area contributed by atoms with Crippen LogP contribution in [0.25, 0.3) is 10.8 Å². The second kappa shape index (κ2) is 8.63. The van der Waals surface area contributed by atoms with Crippen molar-refractivity contribution in [2.75, 3.05) is 18.4 Å². The molecule has 0 spiro atoms. The van der Waals surface area contributed by atoms with Crippen molar-refractivity contribution in [1.29, 1.82) is 0 Å². The maximum absolute atomic E-state index is 12.4. The van der Waals surface area contributed by atoms with Gasteiger partial charge in [0.1, 0.15) is 0 Å². The molecule has 1 fully saturated rings. The smallest absolute Gasteiger partial charge is 0.382 e. The van der Waals surface area contributed by atoms with Gasteiger partial charge in [-0.2, -0.15) is 13.2 Å². The number of likely N-dealkylation sites (tertiary alicyclic amines) is 1. The minimum atomic E-state index is -4.24. The first-order valence-electron chi connectivity index (χ1n) is 9.62. The molecule has 7 heteroatoms. The quantitative estimate of drug-likeness (QED) is 0.522. The van der Waals surface area contributed by atoms with Gasteiger partial charge in [-0.1, -0.05) is 18.2 Å². The molecule has 3 aromatic rings. The lowest BCUT2D eigenvalue weighted by molar-refractivity contribution is -0.0328. The van der Waals surface area contributed by atoms with Gasteiger partial charge in [-0.15, -0.1) is 0 Å². The van der Waals surface area contributed by atoms with Crippen molar-refractivity contribution >= 4 is 28.2 Å². The number of aromatic nitrogens is 1. The first-order chi connectivity index (χ1) is 13.9. The van der Waals surface area contributed by atoms with Crippen LogP contribution in [0.3, 0.4) is 0 Å². The van der Waals surface area contributed by atoms with Crippen LogP contribution in [0.15, 0.2) is 65.8 Å². The zero-order valence-corrected chi connectivity index (χ0v) is 16.6. The van der Waals surface area contributed by atoms with Gasteiger partial charge < -0.3 is 5.32 Å². The first-order valence-corrected chi connectivity index (χ1v) is 10.4. The van der Waals surface area contributed by atoms with Crippen molar-refractivity contribution in [2.24, 2.45) is 0 Å². The second-order valence-corrected chi connectivity index (χ2v) is 8.46. The average Bonchev–Trinajstić information content (AvgIpc) is 2.70. The van der Waals surface area contributed by atoms with Crippen LogP contribution in [0.2, 0.25) is 0 Å². The molecular weight excluding hydrogens is 395 g/mol. The summed E-state index contributed by atoms with van der Waals surface area (Å²) in [6, 6.07) is 15.5. The highest BCUT2D eigenvalue weighted by atomic mass is 32.2. The Morgan fingerprint density at radius 3 is 2.48 bits per heavy atom. The maximum atomic E-state index is 12.4. The van der Waals surface area contributed by atoms with Crippen LogP contribution in [0, 0.1) is 0 Å². The molecule has 1 N–H and O–H groups in total. The third kappa shape index (κ3) is 5.64. The van der Waals surface area contributed by atoms with E-state index in [4.69, 9.17) is 0 Å². The Morgan fingerprint density at radius 1 is 1.00 bits per heavy atom. The molecule has 152 valence electrons. The Morgan fingerprint density at radius 2 is 1.76 bits per heavy atom. The fourth-order valence-corrected chi connectivity index (χ4v) is 4.24. The standard InChI is InChI=1S/C22H22F3N3S/c23-22(24,25)29-21-5-1-16(2-6-21)15-28-11-8-19(9-12-28)27-20-4-3-18-14-26-10-7-17(18)13-20/h1-7,10,13-14,19,27H,8-9,11-12,15H2. The first kappa shape index (κ1) is 20.0. The summed E-state index contributed by atoms with van der Waals surface area (Å²) in [5, 5.41) is 5.94. The normalized spacial score (nSPS) is 16.2. The van der Waals surface area contributed by atoms with Crippen LogP contribution in [0.4, 0.5) is 18.9 Å². The van der Waals surface area contributed by atoms with Crippen LogP contribution in [-0.2, 0) is 6.54 Å². The maximum Gasteiger partial charge on any atom is 0.446 e. The molecule has 3 nitrogen and oxygen atoms in total. The van der Waals surface area contributed by atoms with Crippen molar-refractivity contribution in [3.05, 3.63) is 66.5 Å². The number of hydrogen-bond acceptors (Lipinski definition) is 4. The van der Waals surface area contributed by atoms with E-state index in [1.807, 2.05) is 12.3 Å². The number of fused-ring (bicyclic) bond motifs is 1. The Kier molecular flexibility index (Phi) is 5.96. The van der Waals surface area contributed by atoms with E-state index in [0.717, 1.165) is 49.1 Å². The number of nitrogens with one attached hydrogen (secondary N) is 1. The molecule has 0 unspecified atom stereocenters. The van der Waals surface area contributed by atoms with Crippen molar-refractivity contribution in [3.63, 3.8) is 0 Å². The summed E-state index contributed by atoms with van der Waals surface area (Å²) < 4.78 is 37.3. The highest BCUT2D eigenvalue weighted by molar-refractivity contribution is 8.00. The number of anilines is 1. The zero-order chi connectivity index (χ0) is 20.3. The molecule has 0 saturated carbocycles. The molecule has 1 aromatic heterocycles. The van der Waals surface area contributed by atoms with Crippen molar-refractivity contribution in [3.8, 4) is 0 Å². The molecule has 1 aliphatic heterocycles. The lowest BCUT2D eigenvalue weighted by Crippen LogP contribution is -2.38. The van der Waals surface area contributed by atoms with Gasteiger partial charge >= 0.3 is 5.51 Å². The zero-order valence-electron chi connectivity index (χ0n) is 15.8. The van der Waals surface area contributed by atoms with Crippen LogP contribution < -0.4 is 5.32 Å². The van der Waals surface area contributed by atoms with Crippen LogP contribution in [-0.4, -0.2) is 34.5 Å². The topological polar surface area (TPSA) is 28.2 Å². The Labute approximate surface area is 172 Å². The van der Waals surface area contributed by atoms with Gasteiger partial charge in [0, 0.05) is 54.0 Å². The van der Waals surface area contributed by atoms with Gasteiger partial charge in [0.05, 0.1) is 0 Å². The van der Waals surface area contributed by atoms with Gasteiger partial charge in [0.2, 0.25) is 0 Å². The fourth-order valence-electron chi connectivity index (χ4n) is 3.70. The van der Waals surface area contributed by atoms with Crippen molar-refractivity contribution < 1.29 is 13.2 Å². The number of rotatable bonds is 5. The van der Waals surface area contributed by atoms with Gasteiger partial charge in [-0.05, 0) is 65.9 Å². The predicted octanol–water partition coefficient (Wildman–Crippen LogP) is 5.92. The third-order valence-corrected chi connectivity index (χ3v) is 5.90. The van der Waals surface area contributed by atoms with Gasteiger partial charge in [0.15, 0.2) is 0 Å². The summed E-state index contributed by atoms with van der Waals surface area (Å²) in [7, 11) is 0. The summed E-state index contributed by atoms with van der Waals surface area (Å²) >= 11 is -0.0681. The molecule has 1 saturated heterocycles. The third-order valence-electron chi connectivity index (χ3n) is 5.16.